The Kier molecular flexibility index (Phi) is 5.21. The molecule has 0 amide bonds. The first-order valence-electron chi connectivity index (χ1n) is 6.59. The minimum atomic E-state index is -0.0878. The number of aliphatic hydroxyl groups is 1. The molecule has 106 valence electrons. The number of aliphatic hydroxyl groups excluding tert-OH is 1. The van der Waals surface area contributed by atoms with Crippen LogP contribution in [0.5, 0.6) is 0 Å². The maximum absolute atomic E-state index is 9.25. The topological polar surface area (TPSA) is 44.7 Å². The van der Waals surface area contributed by atoms with Crippen molar-refractivity contribution in [3.8, 4) is 0 Å². The molecule has 0 radical (unpaired) electrons. The lowest BCUT2D eigenvalue weighted by Crippen LogP contribution is -2.44. The molecule has 0 spiro atoms. The van der Waals surface area contributed by atoms with Crippen LogP contribution in [0.2, 0.25) is 0 Å². The highest BCUT2D eigenvalue weighted by Gasteiger charge is 2.23. The van der Waals surface area contributed by atoms with E-state index in [2.05, 4.69) is 51.3 Å². The number of rotatable bonds is 4. The fourth-order valence-corrected chi connectivity index (χ4v) is 2.74. The molecule has 1 heterocycles. The van der Waals surface area contributed by atoms with Gasteiger partial charge in [-0.05, 0) is 37.7 Å². The number of hydrogen-bond donors (Lipinski definition) is 2. The van der Waals surface area contributed by atoms with Gasteiger partial charge in [-0.25, -0.2) is 0 Å². The van der Waals surface area contributed by atoms with Crippen LogP contribution in [0.4, 0.5) is 5.69 Å². The first-order valence-corrected chi connectivity index (χ1v) is 7.39. The summed E-state index contributed by atoms with van der Waals surface area (Å²) in [5.74, 6) is 0. The van der Waals surface area contributed by atoms with E-state index in [0.29, 0.717) is 6.61 Å². The van der Waals surface area contributed by atoms with E-state index in [1.807, 2.05) is 7.05 Å². The molecule has 5 heteroatoms. The summed E-state index contributed by atoms with van der Waals surface area (Å²) in [5.41, 5.74) is 2.47. The van der Waals surface area contributed by atoms with Crippen LogP contribution in [-0.2, 0) is 4.74 Å². The van der Waals surface area contributed by atoms with Gasteiger partial charge in [0, 0.05) is 29.3 Å². The summed E-state index contributed by atoms with van der Waals surface area (Å²) in [6.07, 6.45) is -0.0878. The van der Waals surface area contributed by atoms with Crippen molar-refractivity contribution in [1.82, 2.24) is 5.32 Å². The second-order valence-electron chi connectivity index (χ2n) is 4.83. The van der Waals surface area contributed by atoms with Gasteiger partial charge in [0.25, 0.3) is 0 Å². The van der Waals surface area contributed by atoms with Gasteiger partial charge in [0.05, 0.1) is 19.3 Å². The molecule has 2 N–H and O–H groups in total. The van der Waals surface area contributed by atoms with Gasteiger partial charge in [-0.3, -0.25) is 0 Å². The zero-order valence-corrected chi connectivity index (χ0v) is 13.0. The van der Waals surface area contributed by atoms with E-state index in [1.54, 1.807) is 0 Å². The molecular formula is C14H21BrN2O2. The maximum Gasteiger partial charge on any atom is 0.0980 e. The van der Waals surface area contributed by atoms with E-state index >= 15 is 0 Å². The molecule has 1 aromatic rings. The van der Waals surface area contributed by atoms with Crippen LogP contribution in [0.3, 0.4) is 0 Å². The number of morpholine rings is 1. The zero-order valence-electron chi connectivity index (χ0n) is 11.4. The van der Waals surface area contributed by atoms with Gasteiger partial charge in [-0.15, -0.1) is 0 Å². The smallest absolute Gasteiger partial charge is 0.0980 e. The second-order valence-corrected chi connectivity index (χ2v) is 5.75. The molecule has 0 aromatic heterocycles. The molecule has 0 saturated carbocycles. The minimum Gasteiger partial charge on any atom is -0.394 e. The normalized spacial score (nSPS) is 21.5. The van der Waals surface area contributed by atoms with E-state index < -0.39 is 0 Å². The molecule has 4 nitrogen and oxygen atoms in total. The average molecular weight is 329 g/mol. The SMILES string of the molecule is CNC(C)c1cc(Br)ccc1N1CCOC(CO)C1. The van der Waals surface area contributed by atoms with Crippen molar-refractivity contribution in [2.24, 2.45) is 0 Å². The molecule has 19 heavy (non-hydrogen) atoms. The molecular weight excluding hydrogens is 308 g/mol. The van der Waals surface area contributed by atoms with E-state index in [4.69, 9.17) is 4.74 Å². The van der Waals surface area contributed by atoms with E-state index in [-0.39, 0.29) is 18.8 Å². The second kappa shape index (κ2) is 6.70. The first kappa shape index (κ1) is 14.8. The van der Waals surface area contributed by atoms with Gasteiger partial charge in [0.2, 0.25) is 0 Å². The highest BCUT2D eigenvalue weighted by Crippen LogP contribution is 2.30. The Morgan fingerprint density at radius 3 is 3.05 bits per heavy atom. The van der Waals surface area contributed by atoms with Crippen LogP contribution in [0.25, 0.3) is 0 Å². The quantitative estimate of drug-likeness (QED) is 0.886. The predicted octanol–water partition coefficient (Wildman–Crippen LogP) is 1.93. The molecule has 0 bridgehead atoms. The standard InChI is InChI=1S/C14H21BrN2O2/c1-10(16-2)13-7-11(15)3-4-14(13)17-5-6-19-12(8-17)9-18/h3-4,7,10,12,16,18H,5-6,8-9H2,1-2H3. The third-order valence-electron chi connectivity index (χ3n) is 3.57. The molecule has 1 saturated heterocycles. The fraction of sp³-hybridized carbons (Fsp3) is 0.571. The van der Waals surface area contributed by atoms with Crippen LogP contribution in [0, 0.1) is 0 Å². The van der Waals surface area contributed by atoms with E-state index in [0.717, 1.165) is 17.6 Å². The van der Waals surface area contributed by atoms with Gasteiger partial charge >= 0.3 is 0 Å². The van der Waals surface area contributed by atoms with Crippen molar-refractivity contribution in [2.45, 2.75) is 19.1 Å². The Bertz CT molecular complexity index is 428. The summed E-state index contributed by atoms with van der Waals surface area (Å²) < 4.78 is 6.60. The molecule has 2 atom stereocenters. The number of halogens is 1. The highest BCUT2D eigenvalue weighted by atomic mass is 79.9. The van der Waals surface area contributed by atoms with Gasteiger partial charge in [0.1, 0.15) is 0 Å². The Morgan fingerprint density at radius 1 is 1.58 bits per heavy atom. The maximum atomic E-state index is 9.25. The van der Waals surface area contributed by atoms with E-state index in [9.17, 15) is 5.11 Å². The number of ether oxygens (including phenoxy) is 1. The minimum absolute atomic E-state index is 0.0734. The zero-order chi connectivity index (χ0) is 13.8. The largest absolute Gasteiger partial charge is 0.394 e. The number of hydrogen-bond acceptors (Lipinski definition) is 4. The predicted molar refractivity (Wildman–Crippen MR) is 80.7 cm³/mol. The molecule has 1 fully saturated rings. The number of nitrogens with zero attached hydrogens (tertiary/aromatic N) is 1. The third-order valence-corrected chi connectivity index (χ3v) is 4.07. The van der Waals surface area contributed by atoms with Crippen LogP contribution in [0.1, 0.15) is 18.5 Å². The van der Waals surface area contributed by atoms with Crippen LogP contribution < -0.4 is 10.2 Å². The molecule has 2 rings (SSSR count). The fourth-order valence-electron chi connectivity index (χ4n) is 2.36. The van der Waals surface area contributed by atoms with Crippen molar-refractivity contribution >= 4 is 21.6 Å². The lowest BCUT2D eigenvalue weighted by atomic mass is 10.0. The lowest BCUT2D eigenvalue weighted by molar-refractivity contribution is 0.00351. The Balaban J connectivity index is 2.27. The Labute approximate surface area is 122 Å². The van der Waals surface area contributed by atoms with Crippen LogP contribution >= 0.6 is 15.9 Å². The van der Waals surface area contributed by atoms with Crippen molar-refractivity contribution in [1.29, 1.82) is 0 Å². The number of anilines is 1. The monoisotopic (exact) mass is 328 g/mol. The number of benzene rings is 1. The van der Waals surface area contributed by atoms with Gasteiger partial charge in [-0.2, -0.15) is 0 Å². The molecule has 1 aliphatic rings. The summed E-state index contributed by atoms with van der Waals surface area (Å²) in [4.78, 5) is 2.29. The van der Waals surface area contributed by atoms with Crippen LogP contribution in [0.15, 0.2) is 22.7 Å². The van der Waals surface area contributed by atoms with Crippen molar-refractivity contribution in [3.63, 3.8) is 0 Å². The molecule has 1 aromatic carbocycles. The van der Waals surface area contributed by atoms with Gasteiger partial charge in [0.15, 0.2) is 0 Å². The lowest BCUT2D eigenvalue weighted by Gasteiger charge is -2.35. The summed E-state index contributed by atoms with van der Waals surface area (Å²) in [6, 6.07) is 6.63. The Morgan fingerprint density at radius 2 is 2.37 bits per heavy atom. The third kappa shape index (κ3) is 3.48. The van der Waals surface area contributed by atoms with Crippen molar-refractivity contribution < 1.29 is 9.84 Å². The average Bonchev–Trinajstić information content (AvgIpc) is 2.46. The van der Waals surface area contributed by atoms with Gasteiger partial charge < -0.3 is 20.1 Å². The van der Waals surface area contributed by atoms with E-state index in [1.165, 1.54) is 11.3 Å². The molecule has 0 aliphatic carbocycles. The summed E-state index contributed by atoms with van der Waals surface area (Å²) in [5, 5.41) is 12.5. The van der Waals surface area contributed by atoms with Crippen molar-refractivity contribution in [3.05, 3.63) is 28.2 Å². The summed E-state index contributed by atoms with van der Waals surface area (Å²) in [6.45, 7) is 4.48. The summed E-state index contributed by atoms with van der Waals surface area (Å²) >= 11 is 3.53. The highest BCUT2D eigenvalue weighted by molar-refractivity contribution is 9.10. The van der Waals surface area contributed by atoms with Crippen LogP contribution in [-0.4, -0.2) is 44.6 Å². The number of nitrogens with one attached hydrogen (secondary N) is 1. The molecule has 1 aliphatic heterocycles. The Hall–Kier alpha value is -0.620. The summed E-state index contributed by atoms with van der Waals surface area (Å²) in [7, 11) is 1.96. The van der Waals surface area contributed by atoms with Crippen molar-refractivity contribution in [2.75, 3.05) is 38.3 Å². The first-order chi connectivity index (χ1) is 9.15. The molecule has 2 unspecified atom stereocenters. The van der Waals surface area contributed by atoms with Gasteiger partial charge in [-0.1, -0.05) is 15.9 Å².